The first-order valence-electron chi connectivity index (χ1n) is 7.65. The van der Waals surface area contributed by atoms with Crippen molar-refractivity contribution in [2.45, 2.75) is 6.42 Å². The lowest BCUT2D eigenvalue weighted by atomic mass is 10.1. The van der Waals surface area contributed by atoms with Crippen molar-refractivity contribution in [3.8, 4) is 0 Å². The lowest BCUT2D eigenvalue weighted by Gasteiger charge is -2.36. The molecular weight excluding hydrogens is 331 g/mol. The highest BCUT2D eigenvalue weighted by atomic mass is 35.5. The third-order valence-electron chi connectivity index (χ3n) is 4.08. The van der Waals surface area contributed by atoms with Crippen molar-refractivity contribution in [3.05, 3.63) is 64.1 Å². The van der Waals surface area contributed by atoms with Crippen molar-refractivity contribution in [1.29, 1.82) is 0 Å². The van der Waals surface area contributed by atoms with Crippen LogP contribution in [0.3, 0.4) is 0 Å². The highest BCUT2D eigenvalue weighted by Gasteiger charge is 2.22. The van der Waals surface area contributed by atoms with Crippen molar-refractivity contribution in [1.82, 2.24) is 4.90 Å². The third kappa shape index (κ3) is 3.98. The summed E-state index contributed by atoms with van der Waals surface area (Å²) in [5.41, 5.74) is 2.03. The summed E-state index contributed by atoms with van der Waals surface area (Å²) in [5.74, 6) is 0.179. The van der Waals surface area contributed by atoms with Crippen LogP contribution in [0.4, 0.5) is 5.69 Å². The number of nitrogens with zero attached hydrogens (tertiary/aromatic N) is 2. The molecule has 0 atom stereocenters. The van der Waals surface area contributed by atoms with Crippen LogP contribution in [0.1, 0.15) is 5.56 Å². The number of benzene rings is 2. The van der Waals surface area contributed by atoms with Crippen molar-refractivity contribution in [2.24, 2.45) is 0 Å². The van der Waals surface area contributed by atoms with Crippen molar-refractivity contribution in [2.75, 3.05) is 31.1 Å². The molecule has 0 unspecified atom stereocenters. The van der Waals surface area contributed by atoms with Gasteiger partial charge in [0.15, 0.2) is 0 Å². The Morgan fingerprint density at radius 2 is 1.65 bits per heavy atom. The molecule has 1 aliphatic rings. The largest absolute Gasteiger partial charge is 0.367 e. The van der Waals surface area contributed by atoms with E-state index < -0.39 is 0 Å². The summed E-state index contributed by atoms with van der Waals surface area (Å²) in [6.45, 7) is 2.99. The summed E-state index contributed by atoms with van der Waals surface area (Å²) in [7, 11) is 0. The van der Waals surface area contributed by atoms with Gasteiger partial charge in [0, 0.05) is 31.2 Å². The normalized spacial score (nSPS) is 14.9. The SMILES string of the molecule is O=C(Cc1ccccc1)N1CCN(c2ccc(Cl)cc2Cl)CC1. The maximum Gasteiger partial charge on any atom is 0.227 e. The number of hydrogen-bond acceptors (Lipinski definition) is 2. The van der Waals surface area contributed by atoms with E-state index in [-0.39, 0.29) is 5.91 Å². The monoisotopic (exact) mass is 348 g/mol. The fraction of sp³-hybridized carbons (Fsp3) is 0.278. The first kappa shape index (κ1) is 16.2. The second-order valence-electron chi connectivity index (χ2n) is 5.63. The van der Waals surface area contributed by atoms with Gasteiger partial charge in [0.1, 0.15) is 0 Å². The second kappa shape index (κ2) is 7.24. The molecule has 1 heterocycles. The highest BCUT2D eigenvalue weighted by Crippen LogP contribution is 2.29. The van der Waals surface area contributed by atoms with Crippen molar-refractivity contribution in [3.63, 3.8) is 0 Å². The number of amides is 1. The Kier molecular flexibility index (Phi) is 5.09. The zero-order valence-electron chi connectivity index (χ0n) is 12.7. The van der Waals surface area contributed by atoms with E-state index in [2.05, 4.69) is 4.90 Å². The van der Waals surface area contributed by atoms with Gasteiger partial charge in [0.25, 0.3) is 0 Å². The van der Waals surface area contributed by atoms with Crippen molar-refractivity contribution < 1.29 is 4.79 Å². The van der Waals surface area contributed by atoms with Crippen LogP contribution in [0.25, 0.3) is 0 Å². The van der Waals surface area contributed by atoms with E-state index in [0.29, 0.717) is 29.6 Å². The van der Waals surface area contributed by atoms with Crippen LogP contribution in [-0.4, -0.2) is 37.0 Å². The minimum atomic E-state index is 0.179. The Labute approximate surface area is 146 Å². The smallest absolute Gasteiger partial charge is 0.227 e. The summed E-state index contributed by atoms with van der Waals surface area (Å²) in [5, 5.41) is 1.29. The number of halogens is 2. The molecule has 3 rings (SSSR count). The minimum absolute atomic E-state index is 0.179. The van der Waals surface area contributed by atoms with Gasteiger partial charge in [-0.3, -0.25) is 4.79 Å². The van der Waals surface area contributed by atoms with E-state index in [9.17, 15) is 4.79 Å². The number of piperazine rings is 1. The van der Waals surface area contributed by atoms with E-state index in [1.54, 1.807) is 6.07 Å². The van der Waals surface area contributed by atoms with Crippen LogP contribution in [-0.2, 0) is 11.2 Å². The highest BCUT2D eigenvalue weighted by molar-refractivity contribution is 6.36. The summed E-state index contributed by atoms with van der Waals surface area (Å²) >= 11 is 12.2. The number of hydrogen-bond donors (Lipinski definition) is 0. The van der Waals surface area contributed by atoms with Gasteiger partial charge < -0.3 is 9.80 Å². The van der Waals surface area contributed by atoms with Crippen LogP contribution < -0.4 is 4.90 Å². The minimum Gasteiger partial charge on any atom is -0.367 e. The average molecular weight is 349 g/mol. The lowest BCUT2D eigenvalue weighted by molar-refractivity contribution is -0.130. The molecule has 0 radical (unpaired) electrons. The molecule has 0 N–H and O–H groups in total. The van der Waals surface area contributed by atoms with E-state index in [0.717, 1.165) is 24.3 Å². The molecule has 0 bridgehead atoms. The predicted octanol–water partition coefficient (Wildman–Crippen LogP) is 3.88. The van der Waals surface area contributed by atoms with E-state index in [4.69, 9.17) is 23.2 Å². The van der Waals surface area contributed by atoms with Crippen LogP contribution in [0, 0.1) is 0 Å². The summed E-state index contributed by atoms with van der Waals surface area (Å²) < 4.78 is 0. The first-order valence-corrected chi connectivity index (χ1v) is 8.41. The first-order chi connectivity index (χ1) is 11.1. The molecule has 23 heavy (non-hydrogen) atoms. The van der Waals surface area contributed by atoms with Gasteiger partial charge in [-0.25, -0.2) is 0 Å². The number of carbonyl (C=O) groups is 1. The van der Waals surface area contributed by atoms with E-state index >= 15 is 0 Å². The fourth-order valence-corrected chi connectivity index (χ4v) is 3.34. The summed E-state index contributed by atoms with van der Waals surface area (Å²) in [6.07, 6.45) is 0.461. The molecule has 1 fully saturated rings. The van der Waals surface area contributed by atoms with Crippen LogP contribution in [0.15, 0.2) is 48.5 Å². The van der Waals surface area contributed by atoms with Gasteiger partial charge in [-0.05, 0) is 23.8 Å². The van der Waals surface area contributed by atoms with Gasteiger partial charge in [-0.15, -0.1) is 0 Å². The maximum absolute atomic E-state index is 12.4. The number of rotatable bonds is 3. The molecular formula is C18H18Cl2N2O. The standard InChI is InChI=1S/C18H18Cl2N2O/c19-15-6-7-17(16(20)13-15)21-8-10-22(11-9-21)18(23)12-14-4-2-1-3-5-14/h1-7,13H,8-12H2. The molecule has 1 aliphatic heterocycles. The third-order valence-corrected chi connectivity index (χ3v) is 4.62. The van der Waals surface area contributed by atoms with Gasteiger partial charge in [0.2, 0.25) is 5.91 Å². The average Bonchev–Trinajstić information content (AvgIpc) is 2.56. The Morgan fingerprint density at radius 1 is 0.957 bits per heavy atom. The Balaban J connectivity index is 1.59. The molecule has 0 aromatic heterocycles. The van der Waals surface area contributed by atoms with Gasteiger partial charge in [0.05, 0.1) is 17.1 Å². The predicted molar refractivity (Wildman–Crippen MR) is 95.4 cm³/mol. The van der Waals surface area contributed by atoms with Gasteiger partial charge in [-0.2, -0.15) is 0 Å². The molecule has 3 nitrogen and oxygen atoms in total. The van der Waals surface area contributed by atoms with Crippen molar-refractivity contribution >= 4 is 34.8 Å². The Bertz CT molecular complexity index is 683. The maximum atomic E-state index is 12.4. The molecule has 1 amide bonds. The molecule has 0 aliphatic carbocycles. The fourth-order valence-electron chi connectivity index (χ4n) is 2.82. The zero-order chi connectivity index (χ0) is 16.2. The van der Waals surface area contributed by atoms with E-state index in [1.807, 2.05) is 47.4 Å². The Hall–Kier alpha value is -1.71. The van der Waals surface area contributed by atoms with Crippen LogP contribution in [0.5, 0.6) is 0 Å². The number of carbonyl (C=O) groups excluding carboxylic acids is 1. The summed E-state index contributed by atoms with van der Waals surface area (Å²) in [4.78, 5) is 16.5. The molecule has 2 aromatic rings. The molecule has 2 aromatic carbocycles. The topological polar surface area (TPSA) is 23.6 Å². The molecule has 1 saturated heterocycles. The van der Waals surface area contributed by atoms with Gasteiger partial charge >= 0.3 is 0 Å². The summed E-state index contributed by atoms with van der Waals surface area (Å²) in [6, 6.07) is 15.4. The quantitative estimate of drug-likeness (QED) is 0.840. The second-order valence-corrected chi connectivity index (χ2v) is 6.47. The van der Waals surface area contributed by atoms with Gasteiger partial charge in [-0.1, -0.05) is 53.5 Å². The molecule has 120 valence electrons. The molecule has 0 spiro atoms. The van der Waals surface area contributed by atoms with Crippen LogP contribution >= 0.6 is 23.2 Å². The molecule has 5 heteroatoms. The Morgan fingerprint density at radius 3 is 2.30 bits per heavy atom. The number of anilines is 1. The molecule has 0 saturated carbocycles. The van der Waals surface area contributed by atoms with E-state index in [1.165, 1.54) is 0 Å². The van der Waals surface area contributed by atoms with Crippen LogP contribution in [0.2, 0.25) is 10.0 Å². The zero-order valence-corrected chi connectivity index (χ0v) is 14.2. The lowest BCUT2D eigenvalue weighted by Crippen LogP contribution is -2.49.